The van der Waals surface area contributed by atoms with Crippen molar-refractivity contribution in [3.05, 3.63) is 106 Å². The Morgan fingerprint density at radius 2 is 1.54 bits per heavy atom. The molecule has 1 saturated carbocycles. The highest BCUT2D eigenvalue weighted by Gasteiger charge is 2.32. The first-order valence-corrected chi connectivity index (χ1v) is 13.6. The molecule has 0 aliphatic heterocycles. The predicted octanol–water partition coefficient (Wildman–Crippen LogP) is 6.24. The summed E-state index contributed by atoms with van der Waals surface area (Å²) in [5.41, 5.74) is 6.60. The molecule has 4 rings (SSSR count). The molecule has 0 saturated heterocycles. The third-order valence-electron chi connectivity index (χ3n) is 7.58. The van der Waals surface area contributed by atoms with Crippen LogP contribution in [0.4, 0.5) is 0 Å². The topological polar surface area (TPSA) is 49.4 Å². The zero-order valence-electron chi connectivity index (χ0n) is 22.5. The minimum atomic E-state index is -0.580. The fourth-order valence-electron chi connectivity index (χ4n) is 5.30. The van der Waals surface area contributed by atoms with Gasteiger partial charge in [0.15, 0.2) is 0 Å². The summed E-state index contributed by atoms with van der Waals surface area (Å²) >= 11 is 0. The predicted molar refractivity (Wildman–Crippen MR) is 150 cm³/mol. The highest BCUT2D eigenvalue weighted by molar-refractivity contribution is 5.89. The van der Waals surface area contributed by atoms with Crippen molar-refractivity contribution in [2.75, 3.05) is 0 Å². The van der Waals surface area contributed by atoms with Crippen molar-refractivity contribution in [2.24, 2.45) is 0 Å². The van der Waals surface area contributed by atoms with Crippen molar-refractivity contribution in [1.82, 2.24) is 10.2 Å². The molecule has 0 unspecified atom stereocenters. The molecule has 37 heavy (non-hydrogen) atoms. The number of carbonyl (C=O) groups excluding carboxylic acids is 2. The van der Waals surface area contributed by atoms with Gasteiger partial charge in [-0.05, 0) is 61.4 Å². The first-order valence-electron chi connectivity index (χ1n) is 13.6. The van der Waals surface area contributed by atoms with E-state index >= 15 is 0 Å². The number of carbonyl (C=O) groups is 2. The molecule has 4 nitrogen and oxygen atoms in total. The van der Waals surface area contributed by atoms with Crippen LogP contribution in [0.5, 0.6) is 0 Å². The van der Waals surface area contributed by atoms with Gasteiger partial charge in [-0.2, -0.15) is 0 Å². The minimum Gasteiger partial charge on any atom is -0.352 e. The minimum absolute atomic E-state index is 0.0236. The molecule has 0 bridgehead atoms. The van der Waals surface area contributed by atoms with Crippen LogP contribution in [0.25, 0.3) is 0 Å². The van der Waals surface area contributed by atoms with Crippen LogP contribution in [0.3, 0.4) is 0 Å². The van der Waals surface area contributed by atoms with Gasteiger partial charge in [0.1, 0.15) is 6.04 Å². The van der Waals surface area contributed by atoms with E-state index in [1.54, 1.807) is 0 Å². The lowest BCUT2D eigenvalue weighted by Crippen LogP contribution is -2.53. The number of amides is 2. The number of nitrogens with zero attached hydrogens (tertiary/aromatic N) is 1. The molecule has 0 radical (unpaired) electrons. The van der Waals surface area contributed by atoms with Crippen LogP contribution in [0.1, 0.15) is 65.5 Å². The smallest absolute Gasteiger partial charge is 0.243 e. The standard InChI is InChI=1S/C33H40N2O2/c1-24-11-10-14-29(19-24)23-35(32(36)22-28-18-17-25(2)26(3)20-28)31(21-27-12-6-4-7-13-27)33(37)34-30-15-8-5-9-16-30/h4,6-7,10-14,17-20,30-31H,5,8-9,15-16,21-23H2,1-3H3,(H,34,37)/t31-/m0/s1. The molecule has 3 aromatic rings. The second-order valence-corrected chi connectivity index (χ2v) is 10.7. The summed E-state index contributed by atoms with van der Waals surface area (Å²) in [6, 6.07) is 24.1. The van der Waals surface area contributed by atoms with E-state index in [0.717, 1.165) is 47.9 Å². The normalized spacial score (nSPS) is 14.7. The Morgan fingerprint density at radius 1 is 0.811 bits per heavy atom. The molecule has 2 amide bonds. The monoisotopic (exact) mass is 496 g/mol. The van der Waals surface area contributed by atoms with Gasteiger partial charge in [0, 0.05) is 19.0 Å². The molecule has 4 heteroatoms. The van der Waals surface area contributed by atoms with Crippen LogP contribution in [0.2, 0.25) is 0 Å². The van der Waals surface area contributed by atoms with Gasteiger partial charge in [0.05, 0.1) is 6.42 Å². The summed E-state index contributed by atoms with van der Waals surface area (Å²) in [5.74, 6) is -0.0682. The molecule has 1 aliphatic carbocycles. The molecular formula is C33H40N2O2. The molecule has 1 N–H and O–H groups in total. The van der Waals surface area contributed by atoms with Crippen LogP contribution >= 0.6 is 0 Å². The molecule has 1 atom stereocenters. The molecular weight excluding hydrogens is 456 g/mol. The van der Waals surface area contributed by atoms with Crippen LogP contribution in [0.15, 0.2) is 72.8 Å². The third-order valence-corrected chi connectivity index (χ3v) is 7.58. The van der Waals surface area contributed by atoms with E-state index in [1.807, 2.05) is 53.4 Å². The highest BCUT2D eigenvalue weighted by Crippen LogP contribution is 2.21. The summed E-state index contributed by atoms with van der Waals surface area (Å²) in [5, 5.41) is 3.32. The Balaban J connectivity index is 1.66. The van der Waals surface area contributed by atoms with Crippen LogP contribution in [-0.4, -0.2) is 28.8 Å². The lowest BCUT2D eigenvalue weighted by molar-refractivity contribution is -0.141. The van der Waals surface area contributed by atoms with Crippen molar-refractivity contribution < 1.29 is 9.59 Å². The zero-order valence-corrected chi connectivity index (χ0v) is 22.5. The Morgan fingerprint density at radius 3 is 2.24 bits per heavy atom. The van der Waals surface area contributed by atoms with Crippen molar-refractivity contribution >= 4 is 11.8 Å². The highest BCUT2D eigenvalue weighted by atomic mass is 16.2. The van der Waals surface area contributed by atoms with Crippen molar-refractivity contribution in [2.45, 2.75) is 84.3 Å². The van der Waals surface area contributed by atoms with Gasteiger partial charge in [-0.25, -0.2) is 0 Å². The van der Waals surface area contributed by atoms with Gasteiger partial charge in [-0.15, -0.1) is 0 Å². The second kappa shape index (κ2) is 12.7. The summed E-state index contributed by atoms with van der Waals surface area (Å²) in [4.78, 5) is 29.7. The van der Waals surface area contributed by atoms with E-state index in [0.29, 0.717) is 13.0 Å². The lowest BCUT2D eigenvalue weighted by atomic mass is 9.94. The van der Waals surface area contributed by atoms with Gasteiger partial charge >= 0.3 is 0 Å². The van der Waals surface area contributed by atoms with Gasteiger partial charge in [-0.1, -0.05) is 97.6 Å². The van der Waals surface area contributed by atoms with E-state index in [2.05, 4.69) is 50.4 Å². The van der Waals surface area contributed by atoms with Crippen molar-refractivity contribution in [1.29, 1.82) is 0 Å². The van der Waals surface area contributed by atoms with E-state index in [1.165, 1.54) is 17.5 Å². The van der Waals surface area contributed by atoms with Crippen molar-refractivity contribution in [3.8, 4) is 0 Å². The Hall–Kier alpha value is -3.40. The maximum atomic E-state index is 14.0. The Kier molecular flexibility index (Phi) is 9.16. The van der Waals surface area contributed by atoms with Gasteiger partial charge in [-0.3, -0.25) is 9.59 Å². The largest absolute Gasteiger partial charge is 0.352 e. The third kappa shape index (κ3) is 7.55. The molecule has 0 heterocycles. The zero-order chi connectivity index (χ0) is 26.2. The number of nitrogens with one attached hydrogen (secondary N) is 1. The molecule has 1 aliphatic rings. The van der Waals surface area contributed by atoms with Crippen LogP contribution in [0, 0.1) is 20.8 Å². The number of hydrogen-bond acceptors (Lipinski definition) is 2. The summed E-state index contributed by atoms with van der Waals surface area (Å²) in [6.45, 7) is 6.61. The maximum Gasteiger partial charge on any atom is 0.243 e. The summed E-state index contributed by atoms with van der Waals surface area (Å²) in [6.07, 6.45) is 6.31. The number of aryl methyl sites for hydroxylation is 3. The van der Waals surface area contributed by atoms with Gasteiger partial charge in [0.25, 0.3) is 0 Å². The van der Waals surface area contributed by atoms with Gasteiger partial charge in [0.2, 0.25) is 11.8 Å². The first-order chi connectivity index (χ1) is 17.9. The molecule has 194 valence electrons. The second-order valence-electron chi connectivity index (χ2n) is 10.7. The average molecular weight is 497 g/mol. The molecule has 0 aromatic heterocycles. The number of hydrogen-bond donors (Lipinski definition) is 1. The number of benzene rings is 3. The van der Waals surface area contributed by atoms with E-state index in [9.17, 15) is 9.59 Å². The first kappa shape index (κ1) is 26.7. The SMILES string of the molecule is Cc1cccc(CN(C(=O)Cc2ccc(C)c(C)c2)[C@@H](Cc2ccccc2)C(=O)NC2CCCCC2)c1. The van der Waals surface area contributed by atoms with E-state index in [-0.39, 0.29) is 24.3 Å². The Labute approximate surface area is 222 Å². The summed E-state index contributed by atoms with van der Waals surface area (Å²) in [7, 11) is 0. The Bertz CT molecular complexity index is 1200. The quantitative estimate of drug-likeness (QED) is 0.381. The number of rotatable bonds is 9. The fraction of sp³-hybridized carbons (Fsp3) is 0.394. The van der Waals surface area contributed by atoms with Crippen LogP contribution < -0.4 is 5.32 Å². The van der Waals surface area contributed by atoms with Gasteiger partial charge < -0.3 is 10.2 Å². The lowest BCUT2D eigenvalue weighted by Gasteiger charge is -2.33. The maximum absolute atomic E-state index is 14.0. The van der Waals surface area contributed by atoms with Crippen molar-refractivity contribution in [3.63, 3.8) is 0 Å². The molecule has 3 aromatic carbocycles. The van der Waals surface area contributed by atoms with Crippen LogP contribution in [-0.2, 0) is 29.0 Å². The van der Waals surface area contributed by atoms with E-state index in [4.69, 9.17) is 0 Å². The molecule has 1 fully saturated rings. The fourth-order valence-corrected chi connectivity index (χ4v) is 5.30. The van der Waals surface area contributed by atoms with E-state index < -0.39 is 6.04 Å². The molecule has 0 spiro atoms. The average Bonchev–Trinajstić information content (AvgIpc) is 2.89. The summed E-state index contributed by atoms with van der Waals surface area (Å²) < 4.78 is 0.